The van der Waals surface area contributed by atoms with Gasteiger partial charge in [0.2, 0.25) is 5.91 Å². The Kier molecular flexibility index (Phi) is 3.45. The Morgan fingerprint density at radius 3 is 2.72 bits per heavy atom. The molecular formula is C12H14N2O4. The van der Waals surface area contributed by atoms with Gasteiger partial charge in [0.1, 0.15) is 12.2 Å². The lowest BCUT2D eigenvalue weighted by Gasteiger charge is -2.09. The SMILES string of the molecule is O=C(Cn1c(C(=O)O)cccc1=O)NCC1CC1. The van der Waals surface area contributed by atoms with Gasteiger partial charge in [-0.1, -0.05) is 6.07 Å². The van der Waals surface area contributed by atoms with Crippen molar-refractivity contribution in [2.45, 2.75) is 19.4 Å². The fraction of sp³-hybridized carbons (Fsp3) is 0.417. The highest BCUT2D eigenvalue weighted by Crippen LogP contribution is 2.27. The zero-order valence-corrected chi connectivity index (χ0v) is 9.76. The van der Waals surface area contributed by atoms with Crippen LogP contribution in [0, 0.1) is 5.92 Å². The van der Waals surface area contributed by atoms with E-state index in [0.29, 0.717) is 12.5 Å². The average molecular weight is 250 g/mol. The van der Waals surface area contributed by atoms with Crippen molar-refractivity contribution in [1.29, 1.82) is 0 Å². The number of nitrogens with one attached hydrogen (secondary N) is 1. The Morgan fingerprint density at radius 2 is 2.11 bits per heavy atom. The fourth-order valence-electron chi connectivity index (χ4n) is 1.65. The monoisotopic (exact) mass is 250 g/mol. The Hall–Kier alpha value is -2.11. The van der Waals surface area contributed by atoms with E-state index in [4.69, 9.17) is 5.11 Å². The zero-order valence-electron chi connectivity index (χ0n) is 9.76. The molecule has 0 atom stereocenters. The van der Waals surface area contributed by atoms with E-state index in [-0.39, 0.29) is 18.1 Å². The number of carboxylic acids is 1. The van der Waals surface area contributed by atoms with Gasteiger partial charge in [0, 0.05) is 12.6 Å². The summed E-state index contributed by atoms with van der Waals surface area (Å²) in [5.74, 6) is -1.01. The highest BCUT2D eigenvalue weighted by Gasteiger charge is 2.22. The third kappa shape index (κ3) is 2.97. The Morgan fingerprint density at radius 1 is 1.39 bits per heavy atom. The van der Waals surface area contributed by atoms with Gasteiger partial charge in [-0.05, 0) is 24.8 Å². The third-order valence-electron chi connectivity index (χ3n) is 2.86. The normalized spacial score (nSPS) is 14.2. The van der Waals surface area contributed by atoms with Gasteiger partial charge in [-0.3, -0.25) is 14.2 Å². The van der Waals surface area contributed by atoms with Crippen LogP contribution in [0.5, 0.6) is 0 Å². The van der Waals surface area contributed by atoms with E-state index in [1.54, 1.807) is 0 Å². The van der Waals surface area contributed by atoms with E-state index in [1.165, 1.54) is 18.2 Å². The van der Waals surface area contributed by atoms with Crippen LogP contribution < -0.4 is 10.9 Å². The second kappa shape index (κ2) is 5.03. The lowest BCUT2D eigenvalue weighted by atomic mass is 10.3. The number of hydrogen-bond acceptors (Lipinski definition) is 3. The summed E-state index contributed by atoms with van der Waals surface area (Å²) in [6, 6.07) is 3.91. The molecule has 1 aliphatic rings. The van der Waals surface area contributed by atoms with Crippen molar-refractivity contribution in [3.8, 4) is 0 Å². The fourth-order valence-corrected chi connectivity index (χ4v) is 1.65. The lowest BCUT2D eigenvalue weighted by molar-refractivity contribution is -0.121. The molecule has 0 radical (unpaired) electrons. The maximum Gasteiger partial charge on any atom is 0.352 e. The Labute approximate surface area is 103 Å². The van der Waals surface area contributed by atoms with Crippen LogP contribution in [0.15, 0.2) is 23.0 Å². The molecule has 1 heterocycles. The molecule has 0 spiro atoms. The van der Waals surface area contributed by atoms with Crippen molar-refractivity contribution in [2.75, 3.05) is 6.54 Å². The molecule has 96 valence electrons. The number of aromatic nitrogens is 1. The summed E-state index contributed by atoms with van der Waals surface area (Å²) in [5.41, 5.74) is -0.666. The summed E-state index contributed by atoms with van der Waals surface area (Å²) in [5, 5.41) is 11.6. The zero-order chi connectivity index (χ0) is 13.1. The maximum atomic E-state index is 11.6. The molecule has 6 nitrogen and oxygen atoms in total. The molecule has 1 aromatic rings. The van der Waals surface area contributed by atoms with Crippen LogP contribution in [0.25, 0.3) is 0 Å². The molecule has 2 N–H and O–H groups in total. The first kappa shape index (κ1) is 12.3. The van der Waals surface area contributed by atoms with Crippen molar-refractivity contribution in [3.05, 3.63) is 34.2 Å². The van der Waals surface area contributed by atoms with Crippen LogP contribution >= 0.6 is 0 Å². The van der Waals surface area contributed by atoms with Gasteiger partial charge in [-0.15, -0.1) is 0 Å². The molecule has 2 rings (SSSR count). The average Bonchev–Trinajstić information content (AvgIpc) is 3.12. The number of rotatable bonds is 5. The first-order valence-corrected chi connectivity index (χ1v) is 5.78. The molecule has 18 heavy (non-hydrogen) atoms. The van der Waals surface area contributed by atoms with Crippen molar-refractivity contribution in [3.63, 3.8) is 0 Å². The molecule has 0 bridgehead atoms. The largest absolute Gasteiger partial charge is 0.477 e. The smallest absolute Gasteiger partial charge is 0.352 e. The Balaban J connectivity index is 2.09. The van der Waals surface area contributed by atoms with Gasteiger partial charge in [0.05, 0.1) is 0 Å². The number of hydrogen-bond donors (Lipinski definition) is 2. The summed E-state index contributed by atoms with van der Waals surface area (Å²) >= 11 is 0. The minimum atomic E-state index is -1.22. The van der Waals surface area contributed by atoms with Crippen molar-refractivity contribution >= 4 is 11.9 Å². The van der Waals surface area contributed by atoms with Crippen molar-refractivity contribution < 1.29 is 14.7 Å². The summed E-state index contributed by atoms with van der Waals surface area (Å²) in [4.78, 5) is 34.1. The number of pyridine rings is 1. The van der Waals surface area contributed by atoms with Gasteiger partial charge in [0.25, 0.3) is 5.56 Å². The van der Waals surface area contributed by atoms with Crippen LogP contribution in [0.2, 0.25) is 0 Å². The van der Waals surface area contributed by atoms with Crippen LogP contribution in [-0.2, 0) is 11.3 Å². The number of carboxylic acid groups (broad SMARTS) is 1. The first-order valence-electron chi connectivity index (χ1n) is 5.78. The molecular weight excluding hydrogens is 236 g/mol. The number of carbonyl (C=O) groups is 2. The standard InChI is InChI=1S/C12H14N2O4/c15-10(13-6-8-4-5-8)7-14-9(12(17)18)2-1-3-11(14)16/h1-3,8H,4-7H2,(H,13,15)(H,17,18). The molecule has 1 saturated carbocycles. The number of nitrogens with zero attached hydrogens (tertiary/aromatic N) is 1. The molecule has 0 unspecified atom stereocenters. The van der Waals surface area contributed by atoms with Crippen LogP contribution in [-0.4, -0.2) is 28.1 Å². The van der Waals surface area contributed by atoms with Crippen LogP contribution in [0.1, 0.15) is 23.3 Å². The number of carbonyl (C=O) groups excluding carboxylic acids is 1. The highest BCUT2D eigenvalue weighted by molar-refractivity contribution is 5.86. The topological polar surface area (TPSA) is 88.4 Å². The van der Waals surface area contributed by atoms with Crippen molar-refractivity contribution in [1.82, 2.24) is 9.88 Å². The first-order chi connectivity index (χ1) is 8.58. The van der Waals surface area contributed by atoms with Crippen molar-refractivity contribution in [2.24, 2.45) is 5.92 Å². The number of amides is 1. The van der Waals surface area contributed by atoms with Gasteiger partial charge in [-0.25, -0.2) is 4.79 Å². The molecule has 1 fully saturated rings. The predicted octanol–water partition coefficient (Wildman–Crippen LogP) is 0.0727. The molecule has 1 amide bonds. The second-order valence-corrected chi connectivity index (χ2v) is 4.39. The minimum Gasteiger partial charge on any atom is -0.477 e. The molecule has 6 heteroatoms. The second-order valence-electron chi connectivity index (χ2n) is 4.39. The molecule has 0 aromatic carbocycles. The van der Waals surface area contributed by atoms with E-state index < -0.39 is 11.5 Å². The van der Waals surface area contributed by atoms with Gasteiger partial charge >= 0.3 is 5.97 Å². The predicted molar refractivity (Wildman–Crippen MR) is 63.4 cm³/mol. The van der Waals surface area contributed by atoms with E-state index in [1.807, 2.05) is 0 Å². The van der Waals surface area contributed by atoms with Crippen LogP contribution in [0.3, 0.4) is 0 Å². The minimum absolute atomic E-state index is 0.177. The molecule has 0 saturated heterocycles. The summed E-state index contributed by atoms with van der Waals surface area (Å²) in [7, 11) is 0. The molecule has 1 aromatic heterocycles. The van der Waals surface area contributed by atoms with Gasteiger partial charge in [0.15, 0.2) is 0 Å². The lowest BCUT2D eigenvalue weighted by Crippen LogP contribution is -2.35. The van der Waals surface area contributed by atoms with E-state index in [2.05, 4.69) is 5.32 Å². The Bertz CT molecular complexity index is 531. The van der Waals surface area contributed by atoms with Gasteiger partial charge < -0.3 is 10.4 Å². The highest BCUT2D eigenvalue weighted by atomic mass is 16.4. The summed E-state index contributed by atoms with van der Waals surface area (Å²) in [6.45, 7) is 0.344. The maximum absolute atomic E-state index is 11.6. The van der Waals surface area contributed by atoms with E-state index in [0.717, 1.165) is 17.4 Å². The molecule has 0 aliphatic heterocycles. The van der Waals surface area contributed by atoms with Gasteiger partial charge in [-0.2, -0.15) is 0 Å². The molecule has 1 aliphatic carbocycles. The quantitative estimate of drug-likeness (QED) is 0.774. The van der Waals surface area contributed by atoms with E-state index in [9.17, 15) is 14.4 Å². The van der Waals surface area contributed by atoms with Crippen LogP contribution in [0.4, 0.5) is 0 Å². The third-order valence-corrected chi connectivity index (χ3v) is 2.86. The summed E-state index contributed by atoms with van der Waals surface area (Å²) < 4.78 is 0.963. The number of aromatic carboxylic acids is 1. The van der Waals surface area contributed by atoms with E-state index >= 15 is 0 Å². The summed E-state index contributed by atoms with van der Waals surface area (Å²) in [6.07, 6.45) is 2.23.